The summed E-state index contributed by atoms with van der Waals surface area (Å²) < 4.78 is 75.5. The molecule has 0 heterocycles. The Balaban J connectivity index is 2.11. The molecule has 0 spiro atoms. The Morgan fingerprint density at radius 1 is 0.491 bits per heavy atom. The summed E-state index contributed by atoms with van der Waals surface area (Å²) in [4.78, 5) is 26.2. The topological polar surface area (TPSA) is 166 Å². The van der Waals surface area contributed by atoms with Crippen LogP contribution < -0.4 is 48.5 Å². The molecule has 0 aliphatic rings. The molecule has 304 valence electrons. The van der Waals surface area contributed by atoms with Crippen molar-refractivity contribution in [2.45, 2.75) is 10.5 Å². The molecule has 0 fully saturated rings. The molecule has 0 saturated carbocycles. The van der Waals surface area contributed by atoms with Crippen molar-refractivity contribution in [2.75, 3.05) is 71.0 Å². The monoisotopic (exact) mass is 804 g/mol. The highest BCUT2D eigenvalue weighted by Crippen LogP contribution is 2.43. The summed E-state index contributed by atoms with van der Waals surface area (Å²) in [6, 6.07) is 15.7. The number of ether oxygens (including phenoxy) is 8. The van der Waals surface area contributed by atoms with Crippen LogP contribution in [0.3, 0.4) is 0 Å². The van der Waals surface area contributed by atoms with Gasteiger partial charge in [0.25, 0.3) is 11.8 Å². The largest absolute Gasteiger partial charge is 0.496 e. The molecule has 57 heavy (non-hydrogen) atoms. The van der Waals surface area contributed by atoms with Gasteiger partial charge in [0.15, 0.2) is 9.84 Å². The van der Waals surface area contributed by atoms with Gasteiger partial charge in [-0.2, -0.15) is 0 Å². The van der Waals surface area contributed by atoms with Crippen molar-refractivity contribution < 1.29 is 55.9 Å². The summed E-state index contributed by atoms with van der Waals surface area (Å²) in [5.74, 6) is 1.78. The quantitative estimate of drug-likeness (QED) is 0.119. The second kappa shape index (κ2) is 19.5. The molecule has 14 nitrogen and oxygen atoms in total. The molecule has 0 radical (unpaired) electrons. The third-order valence-corrected chi connectivity index (χ3v) is 11.4. The van der Waals surface area contributed by atoms with E-state index in [4.69, 9.17) is 37.9 Å². The number of rotatable bonds is 18. The highest BCUT2D eigenvalue weighted by molar-refractivity contribution is 7.92. The maximum Gasteiger partial charge on any atom is 0.254 e. The summed E-state index contributed by atoms with van der Waals surface area (Å²) in [6.45, 7) is 0. The Morgan fingerprint density at radius 2 is 0.807 bits per heavy atom. The van der Waals surface area contributed by atoms with Gasteiger partial charge < -0.3 is 48.5 Å². The lowest BCUT2D eigenvalue weighted by Gasteiger charge is -2.23. The number of sulfone groups is 1. The van der Waals surface area contributed by atoms with Crippen LogP contribution in [0.2, 0.25) is 0 Å². The van der Waals surface area contributed by atoms with Crippen molar-refractivity contribution in [2.24, 2.45) is 0 Å². The molecule has 2 atom stereocenters. The van der Waals surface area contributed by atoms with E-state index in [1.54, 1.807) is 48.6 Å². The third kappa shape index (κ3) is 9.38. The Labute approximate surface area is 333 Å². The summed E-state index contributed by atoms with van der Waals surface area (Å²) in [5.41, 5.74) is 1.53. The summed E-state index contributed by atoms with van der Waals surface area (Å²) >= 11 is 0. The first-order valence-electron chi connectivity index (χ1n) is 17.4. The lowest BCUT2D eigenvalue weighted by Crippen LogP contribution is -2.22. The number of amides is 2. The number of carbonyl (C=O) groups is 2. The lowest BCUT2D eigenvalue weighted by molar-refractivity contribution is 0.0951. The van der Waals surface area contributed by atoms with Gasteiger partial charge in [-0.15, -0.1) is 0 Å². The molecule has 2 N–H and O–H groups in total. The molecular weight excluding hydrogens is 757 g/mol. The number of hydrogen-bond donors (Lipinski definition) is 2. The van der Waals surface area contributed by atoms with Crippen LogP contribution in [-0.4, -0.2) is 91.2 Å². The van der Waals surface area contributed by atoms with Crippen molar-refractivity contribution in [3.63, 3.8) is 0 Å². The average Bonchev–Trinajstić information content (AvgIpc) is 3.24. The fourth-order valence-electron chi connectivity index (χ4n) is 6.17. The van der Waals surface area contributed by atoms with Crippen LogP contribution in [0.25, 0.3) is 12.2 Å². The minimum atomic E-state index is -4.48. The van der Waals surface area contributed by atoms with Gasteiger partial charge in [-0.25, -0.2) is 8.42 Å². The second-order valence-electron chi connectivity index (χ2n) is 12.1. The molecule has 0 aliphatic heterocycles. The molecule has 2 amide bonds. The molecule has 0 aromatic heterocycles. The molecule has 0 aliphatic carbocycles. The van der Waals surface area contributed by atoms with Crippen LogP contribution in [-0.2, 0) is 9.84 Å². The van der Waals surface area contributed by atoms with Crippen LogP contribution in [0.1, 0.15) is 53.5 Å². The number of methoxy groups -OCH3 is 8. The van der Waals surface area contributed by atoms with Gasteiger partial charge >= 0.3 is 0 Å². The lowest BCUT2D eigenvalue weighted by atomic mass is 10.0. The van der Waals surface area contributed by atoms with E-state index in [2.05, 4.69) is 10.6 Å². The highest BCUT2D eigenvalue weighted by Gasteiger charge is 2.35. The zero-order chi connectivity index (χ0) is 41.9. The smallest absolute Gasteiger partial charge is 0.254 e. The van der Waals surface area contributed by atoms with E-state index in [1.807, 2.05) is 0 Å². The van der Waals surface area contributed by atoms with E-state index in [1.165, 1.54) is 107 Å². The van der Waals surface area contributed by atoms with E-state index in [0.717, 1.165) is 0 Å². The van der Waals surface area contributed by atoms with Crippen LogP contribution in [0.4, 0.5) is 0 Å². The molecule has 15 heteroatoms. The van der Waals surface area contributed by atoms with Crippen molar-refractivity contribution in [3.05, 3.63) is 106 Å². The van der Waals surface area contributed by atoms with E-state index >= 15 is 8.42 Å². The van der Waals surface area contributed by atoms with Crippen molar-refractivity contribution >= 4 is 33.8 Å². The minimum absolute atomic E-state index is 0.108. The fourth-order valence-corrected chi connectivity index (χ4v) is 8.13. The number of nitrogens with one attached hydrogen (secondary N) is 2. The third-order valence-electron chi connectivity index (χ3n) is 9.14. The zero-order valence-corrected chi connectivity index (χ0v) is 34.4. The Hall–Kier alpha value is -6.35. The zero-order valence-electron chi connectivity index (χ0n) is 33.5. The van der Waals surface area contributed by atoms with Gasteiger partial charge in [0, 0.05) is 38.4 Å². The van der Waals surface area contributed by atoms with Gasteiger partial charge in [0.05, 0.1) is 79.1 Å². The normalized spacial score (nSPS) is 12.4. The van der Waals surface area contributed by atoms with E-state index in [0.29, 0.717) is 45.6 Å². The summed E-state index contributed by atoms with van der Waals surface area (Å²) in [5, 5.41) is 2.29. The Bertz CT molecular complexity index is 2050. The van der Waals surface area contributed by atoms with E-state index in [9.17, 15) is 9.59 Å². The molecule has 0 bridgehead atoms. The number of benzene rings is 4. The first-order chi connectivity index (χ1) is 27.4. The maximum absolute atomic E-state index is 15.6. The fraction of sp³-hybridized carbons (Fsp3) is 0.286. The van der Waals surface area contributed by atoms with Gasteiger partial charge in [-0.1, -0.05) is 24.3 Å². The first kappa shape index (κ1) is 43.4. The van der Waals surface area contributed by atoms with Gasteiger partial charge in [-0.05, 0) is 47.5 Å². The number of hydrogen-bond acceptors (Lipinski definition) is 12. The maximum atomic E-state index is 15.6. The molecule has 4 aromatic rings. The Kier molecular flexibility index (Phi) is 14.8. The second-order valence-corrected chi connectivity index (χ2v) is 14.3. The van der Waals surface area contributed by atoms with E-state index in [-0.39, 0.29) is 33.8 Å². The van der Waals surface area contributed by atoms with Crippen molar-refractivity contribution in [1.82, 2.24) is 10.6 Å². The molecule has 4 rings (SSSR count). The standard InChI is InChI=1S/C42H48N2O12S/c1-43-41(45)31-19-25(11-15-33(31)51-5)39(17-13-29-35(53-7)21-27(49-3)22-36(29)54-8)57(47,48)40(26-12-16-34(52-6)32(20-26)42(46)44-2)18-14-30-37(55-9)23-28(50-4)24-38(30)56-10/h11-24,39-40H,1-10H3,(H,43,45)(H,44,46). The van der Waals surface area contributed by atoms with Gasteiger partial charge in [0.1, 0.15) is 56.5 Å². The summed E-state index contributed by atoms with van der Waals surface area (Å²) in [6.07, 6.45) is 6.11. The Morgan fingerprint density at radius 3 is 1.07 bits per heavy atom. The molecule has 0 saturated heterocycles. The SMILES string of the molecule is CNC(=O)c1cc(C(C=Cc2c(OC)cc(OC)cc2OC)S(=O)(=O)C(C=Cc2c(OC)cc(OC)cc2OC)c2ccc(OC)c(C(=O)NC)c2)ccc1OC. The van der Waals surface area contributed by atoms with Crippen LogP contribution >= 0.6 is 0 Å². The average molecular weight is 805 g/mol. The summed E-state index contributed by atoms with van der Waals surface area (Å²) in [7, 11) is 10.1. The first-order valence-corrected chi connectivity index (χ1v) is 19.0. The predicted molar refractivity (Wildman–Crippen MR) is 217 cm³/mol. The molecule has 2 unspecified atom stereocenters. The van der Waals surface area contributed by atoms with Crippen molar-refractivity contribution in [3.8, 4) is 46.0 Å². The van der Waals surface area contributed by atoms with Gasteiger partial charge in [-0.3, -0.25) is 9.59 Å². The van der Waals surface area contributed by atoms with Crippen molar-refractivity contribution in [1.29, 1.82) is 0 Å². The van der Waals surface area contributed by atoms with Gasteiger partial charge in [0.2, 0.25) is 0 Å². The van der Waals surface area contributed by atoms with Crippen LogP contribution in [0.5, 0.6) is 46.0 Å². The minimum Gasteiger partial charge on any atom is -0.496 e. The van der Waals surface area contributed by atoms with Crippen LogP contribution in [0, 0.1) is 0 Å². The molecule has 4 aromatic carbocycles. The highest BCUT2D eigenvalue weighted by atomic mass is 32.2. The van der Waals surface area contributed by atoms with E-state index < -0.39 is 32.2 Å². The van der Waals surface area contributed by atoms with Crippen LogP contribution in [0.15, 0.2) is 72.8 Å². The molecular formula is C42H48N2O12S. The predicted octanol–water partition coefficient (Wildman–Crippen LogP) is 6.10. The number of carbonyl (C=O) groups excluding carboxylic acids is 2.